The molecule has 0 aromatic carbocycles. The zero-order valence-electron chi connectivity index (χ0n) is 9.97. The first-order valence-electron chi connectivity index (χ1n) is 5.51. The maximum absolute atomic E-state index is 10.4. The van der Waals surface area contributed by atoms with Crippen LogP contribution < -0.4 is 0 Å². The summed E-state index contributed by atoms with van der Waals surface area (Å²) in [5, 5.41) is 18.1. The van der Waals surface area contributed by atoms with Crippen LogP contribution in [0.5, 0.6) is 0 Å². The molecule has 0 amide bonds. The lowest BCUT2D eigenvalue weighted by Crippen LogP contribution is -2.36. The van der Waals surface area contributed by atoms with Crippen LogP contribution in [-0.2, 0) is 14.3 Å². The molecule has 1 aliphatic carbocycles. The normalized spacial score (nSPS) is 30.6. The minimum absolute atomic E-state index is 0.227. The fourth-order valence-electron chi connectivity index (χ4n) is 2.04. The first-order chi connectivity index (χ1) is 7.28. The Labute approximate surface area is 95.4 Å². The van der Waals surface area contributed by atoms with Crippen molar-refractivity contribution >= 4 is 5.97 Å². The summed E-state index contributed by atoms with van der Waals surface area (Å²) in [5.74, 6) is -1.77. The van der Waals surface area contributed by atoms with Crippen LogP contribution >= 0.6 is 0 Å². The molecule has 0 bridgehead atoms. The average molecular weight is 232 g/mol. The molecule has 94 valence electrons. The van der Waals surface area contributed by atoms with Crippen molar-refractivity contribution in [3.63, 3.8) is 0 Å². The van der Waals surface area contributed by atoms with E-state index in [2.05, 4.69) is 6.92 Å². The standard InChI is InChI=1S/C11H20O5/c1-7-4-8(15-6-10(12)13)9(5-7)16-11(2,3)14/h7-9,14H,4-6H2,1-3H3,(H,12,13). The van der Waals surface area contributed by atoms with Crippen LogP contribution in [0.15, 0.2) is 0 Å². The van der Waals surface area contributed by atoms with Crippen LogP contribution in [-0.4, -0.2) is 40.8 Å². The van der Waals surface area contributed by atoms with Gasteiger partial charge in [-0.2, -0.15) is 0 Å². The predicted octanol–water partition coefficient (Wildman–Crippen LogP) is 1.000. The van der Waals surface area contributed by atoms with Crippen LogP contribution in [0.3, 0.4) is 0 Å². The van der Waals surface area contributed by atoms with Gasteiger partial charge < -0.3 is 19.7 Å². The Morgan fingerprint density at radius 3 is 2.44 bits per heavy atom. The highest BCUT2D eigenvalue weighted by Crippen LogP contribution is 2.32. The third-order valence-corrected chi connectivity index (χ3v) is 2.54. The second kappa shape index (κ2) is 5.12. The maximum Gasteiger partial charge on any atom is 0.329 e. The summed E-state index contributed by atoms with van der Waals surface area (Å²) in [6.45, 7) is 4.86. The summed E-state index contributed by atoms with van der Waals surface area (Å²) < 4.78 is 10.7. The fourth-order valence-corrected chi connectivity index (χ4v) is 2.04. The zero-order chi connectivity index (χ0) is 12.3. The van der Waals surface area contributed by atoms with E-state index in [1.165, 1.54) is 0 Å². The quantitative estimate of drug-likeness (QED) is 0.691. The summed E-state index contributed by atoms with van der Waals surface area (Å²) in [6, 6.07) is 0. The molecular formula is C11H20O5. The van der Waals surface area contributed by atoms with Gasteiger partial charge in [-0.3, -0.25) is 0 Å². The lowest BCUT2D eigenvalue weighted by atomic mass is 10.1. The Morgan fingerprint density at radius 1 is 1.38 bits per heavy atom. The van der Waals surface area contributed by atoms with Crippen LogP contribution in [0.2, 0.25) is 0 Å². The van der Waals surface area contributed by atoms with Crippen molar-refractivity contribution in [1.29, 1.82) is 0 Å². The molecule has 0 radical (unpaired) electrons. The number of hydrogen-bond acceptors (Lipinski definition) is 4. The number of carbonyl (C=O) groups is 1. The van der Waals surface area contributed by atoms with Gasteiger partial charge in [0.15, 0.2) is 5.79 Å². The minimum atomic E-state index is -1.21. The molecule has 0 spiro atoms. The lowest BCUT2D eigenvalue weighted by molar-refractivity contribution is -0.224. The van der Waals surface area contributed by atoms with E-state index in [1.54, 1.807) is 13.8 Å². The molecule has 3 unspecified atom stereocenters. The van der Waals surface area contributed by atoms with Crippen molar-refractivity contribution in [2.75, 3.05) is 6.61 Å². The minimum Gasteiger partial charge on any atom is -0.480 e. The Kier molecular flexibility index (Phi) is 4.29. The maximum atomic E-state index is 10.4. The molecule has 3 atom stereocenters. The monoisotopic (exact) mass is 232 g/mol. The molecule has 0 saturated heterocycles. The van der Waals surface area contributed by atoms with E-state index in [-0.39, 0.29) is 18.8 Å². The molecule has 1 rings (SSSR count). The fraction of sp³-hybridized carbons (Fsp3) is 0.909. The van der Waals surface area contributed by atoms with Crippen LogP contribution in [0.1, 0.15) is 33.6 Å². The van der Waals surface area contributed by atoms with Gasteiger partial charge in [0, 0.05) is 0 Å². The van der Waals surface area contributed by atoms with Gasteiger partial charge in [0.25, 0.3) is 0 Å². The van der Waals surface area contributed by atoms with Gasteiger partial charge in [0.05, 0.1) is 12.2 Å². The highest BCUT2D eigenvalue weighted by molar-refractivity contribution is 5.68. The number of hydrogen-bond donors (Lipinski definition) is 2. The third-order valence-electron chi connectivity index (χ3n) is 2.54. The van der Waals surface area contributed by atoms with E-state index in [0.717, 1.165) is 12.8 Å². The Bertz CT molecular complexity index is 245. The number of rotatable bonds is 5. The van der Waals surface area contributed by atoms with Gasteiger partial charge in [0.2, 0.25) is 0 Å². The molecule has 16 heavy (non-hydrogen) atoms. The van der Waals surface area contributed by atoms with Crippen LogP contribution in [0, 0.1) is 5.92 Å². The van der Waals surface area contributed by atoms with E-state index in [4.69, 9.17) is 14.6 Å². The summed E-state index contributed by atoms with van der Waals surface area (Å²) >= 11 is 0. The molecule has 1 fully saturated rings. The summed E-state index contributed by atoms with van der Waals surface area (Å²) in [7, 11) is 0. The van der Waals surface area contributed by atoms with E-state index in [0.29, 0.717) is 5.92 Å². The van der Waals surface area contributed by atoms with Crippen molar-refractivity contribution in [2.45, 2.75) is 51.6 Å². The van der Waals surface area contributed by atoms with Gasteiger partial charge in [-0.1, -0.05) is 6.92 Å². The first kappa shape index (κ1) is 13.4. The topological polar surface area (TPSA) is 76.0 Å². The molecular weight excluding hydrogens is 212 g/mol. The summed E-state index contributed by atoms with van der Waals surface area (Å²) in [5.41, 5.74) is 0. The van der Waals surface area contributed by atoms with Crippen molar-refractivity contribution in [1.82, 2.24) is 0 Å². The molecule has 0 aromatic heterocycles. The third kappa shape index (κ3) is 4.47. The average Bonchev–Trinajstić information content (AvgIpc) is 2.39. The molecule has 1 saturated carbocycles. The van der Waals surface area contributed by atoms with E-state index < -0.39 is 11.8 Å². The zero-order valence-corrected chi connectivity index (χ0v) is 9.97. The van der Waals surface area contributed by atoms with E-state index in [1.807, 2.05) is 0 Å². The van der Waals surface area contributed by atoms with Crippen molar-refractivity contribution < 1.29 is 24.5 Å². The van der Waals surface area contributed by atoms with E-state index in [9.17, 15) is 9.90 Å². The van der Waals surface area contributed by atoms with Crippen molar-refractivity contribution in [3.8, 4) is 0 Å². The van der Waals surface area contributed by atoms with Crippen molar-refractivity contribution in [3.05, 3.63) is 0 Å². The number of ether oxygens (including phenoxy) is 2. The van der Waals surface area contributed by atoms with Crippen LogP contribution in [0.25, 0.3) is 0 Å². The Hall–Kier alpha value is -0.650. The van der Waals surface area contributed by atoms with Gasteiger partial charge in [-0.25, -0.2) is 4.79 Å². The molecule has 5 heteroatoms. The number of aliphatic carboxylic acids is 1. The summed E-state index contributed by atoms with van der Waals surface area (Å²) in [6.07, 6.45) is 1.09. The second-order valence-electron chi connectivity index (χ2n) is 4.92. The molecule has 0 aliphatic heterocycles. The number of carboxylic acid groups (broad SMARTS) is 1. The Balaban J connectivity index is 2.49. The molecule has 0 heterocycles. The Morgan fingerprint density at radius 2 is 1.94 bits per heavy atom. The summed E-state index contributed by atoms with van der Waals surface area (Å²) in [4.78, 5) is 10.4. The van der Waals surface area contributed by atoms with Crippen LogP contribution in [0.4, 0.5) is 0 Å². The molecule has 2 N–H and O–H groups in total. The first-order valence-corrected chi connectivity index (χ1v) is 5.51. The van der Waals surface area contributed by atoms with Crippen molar-refractivity contribution in [2.24, 2.45) is 5.92 Å². The SMILES string of the molecule is CC1CC(OCC(=O)O)C(OC(C)(C)O)C1. The molecule has 0 aromatic rings. The number of carboxylic acids is 1. The van der Waals surface area contributed by atoms with E-state index >= 15 is 0 Å². The van der Waals surface area contributed by atoms with Gasteiger partial charge in [-0.05, 0) is 32.6 Å². The largest absolute Gasteiger partial charge is 0.480 e. The highest BCUT2D eigenvalue weighted by atomic mass is 16.6. The molecule has 5 nitrogen and oxygen atoms in total. The van der Waals surface area contributed by atoms with Gasteiger partial charge in [0.1, 0.15) is 6.61 Å². The highest BCUT2D eigenvalue weighted by Gasteiger charge is 2.36. The smallest absolute Gasteiger partial charge is 0.329 e. The van der Waals surface area contributed by atoms with Gasteiger partial charge >= 0.3 is 5.97 Å². The van der Waals surface area contributed by atoms with Gasteiger partial charge in [-0.15, -0.1) is 0 Å². The predicted molar refractivity (Wildman–Crippen MR) is 56.9 cm³/mol. The second-order valence-corrected chi connectivity index (χ2v) is 4.92. The molecule has 1 aliphatic rings. The number of aliphatic hydroxyl groups is 1. The lowest BCUT2D eigenvalue weighted by Gasteiger charge is -2.27.